The number of pyridine rings is 1. The second-order valence-electron chi connectivity index (χ2n) is 6.02. The van der Waals surface area contributed by atoms with Crippen LogP contribution in [0.2, 0.25) is 0 Å². The molecule has 1 saturated heterocycles. The van der Waals surface area contributed by atoms with E-state index in [9.17, 15) is 4.79 Å². The van der Waals surface area contributed by atoms with Crippen LogP contribution in [-0.2, 0) is 11.3 Å². The Labute approximate surface area is 133 Å². The molecule has 0 radical (unpaired) electrons. The molecule has 0 saturated carbocycles. The van der Waals surface area contributed by atoms with Crippen LogP contribution in [0, 0.1) is 19.8 Å². The summed E-state index contributed by atoms with van der Waals surface area (Å²) >= 11 is 0. The maximum absolute atomic E-state index is 12.0. The van der Waals surface area contributed by atoms with Gasteiger partial charge in [-0.15, -0.1) is 0 Å². The molecule has 0 spiro atoms. The van der Waals surface area contributed by atoms with Gasteiger partial charge in [0.2, 0.25) is 5.91 Å². The molecule has 1 aliphatic heterocycles. The second kappa shape index (κ2) is 7.58. The van der Waals surface area contributed by atoms with Crippen LogP contribution in [-0.4, -0.2) is 42.5 Å². The molecule has 1 aromatic heterocycles. The van der Waals surface area contributed by atoms with E-state index in [0.29, 0.717) is 6.54 Å². The molecule has 1 aliphatic rings. The van der Waals surface area contributed by atoms with E-state index < -0.39 is 0 Å². The van der Waals surface area contributed by atoms with E-state index in [0.717, 1.165) is 55.0 Å². The standard InChI is InChI=1S/C17H27N3O2/c1-5-18-17(21)14-7-6-8-20(10-14)11-15-13(3)16(22-4)12(2)9-19-15/h9,14H,5-8,10-11H2,1-4H3,(H,18,21)/t14-/m0/s1. The van der Waals surface area contributed by atoms with Crippen molar-refractivity contribution in [3.05, 3.63) is 23.0 Å². The maximum Gasteiger partial charge on any atom is 0.224 e. The SMILES string of the molecule is CCNC(=O)[C@H]1CCCN(Cc2ncc(C)c(OC)c2C)C1. The Morgan fingerprint density at radius 3 is 2.95 bits per heavy atom. The van der Waals surface area contributed by atoms with Crippen LogP contribution in [0.25, 0.3) is 0 Å². The van der Waals surface area contributed by atoms with Crippen LogP contribution in [0.5, 0.6) is 5.75 Å². The highest BCUT2D eigenvalue weighted by molar-refractivity contribution is 5.78. The first kappa shape index (κ1) is 16.7. The third kappa shape index (κ3) is 3.77. The summed E-state index contributed by atoms with van der Waals surface area (Å²) in [5, 5.41) is 2.94. The number of nitrogens with one attached hydrogen (secondary N) is 1. The first-order chi connectivity index (χ1) is 10.6. The maximum atomic E-state index is 12.0. The number of piperidine rings is 1. The molecule has 5 nitrogen and oxygen atoms in total. The van der Waals surface area contributed by atoms with Crippen molar-refractivity contribution in [2.24, 2.45) is 5.92 Å². The molecule has 0 aromatic carbocycles. The van der Waals surface area contributed by atoms with Crippen LogP contribution < -0.4 is 10.1 Å². The number of nitrogens with zero attached hydrogens (tertiary/aromatic N) is 2. The molecule has 5 heteroatoms. The van der Waals surface area contributed by atoms with Crippen molar-refractivity contribution in [3.8, 4) is 5.75 Å². The van der Waals surface area contributed by atoms with E-state index in [1.54, 1.807) is 7.11 Å². The zero-order valence-electron chi connectivity index (χ0n) is 14.1. The highest BCUT2D eigenvalue weighted by Gasteiger charge is 2.26. The van der Waals surface area contributed by atoms with Crippen molar-refractivity contribution in [3.63, 3.8) is 0 Å². The molecule has 122 valence electrons. The van der Waals surface area contributed by atoms with Crippen molar-refractivity contribution < 1.29 is 9.53 Å². The Kier molecular flexibility index (Phi) is 5.77. The topological polar surface area (TPSA) is 54.5 Å². The third-order valence-corrected chi connectivity index (χ3v) is 4.35. The lowest BCUT2D eigenvalue weighted by Crippen LogP contribution is -2.42. The molecule has 2 rings (SSSR count). The summed E-state index contributed by atoms with van der Waals surface area (Å²) in [7, 11) is 1.70. The molecular formula is C17H27N3O2. The number of ether oxygens (including phenoxy) is 1. The Hall–Kier alpha value is -1.62. The summed E-state index contributed by atoms with van der Waals surface area (Å²) in [6.07, 6.45) is 3.90. The number of carbonyl (C=O) groups is 1. The molecule has 22 heavy (non-hydrogen) atoms. The van der Waals surface area contributed by atoms with Crippen molar-refractivity contribution in [1.29, 1.82) is 0 Å². The van der Waals surface area contributed by atoms with Crippen LogP contribution in [0.3, 0.4) is 0 Å². The van der Waals surface area contributed by atoms with Crippen molar-refractivity contribution >= 4 is 5.91 Å². The number of methoxy groups -OCH3 is 1. The Balaban J connectivity index is 2.06. The fourth-order valence-electron chi connectivity index (χ4n) is 3.17. The molecular weight excluding hydrogens is 278 g/mol. The van der Waals surface area contributed by atoms with E-state index in [1.807, 2.05) is 20.0 Å². The summed E-state index contributed by atoms with van der Waals surface area (Å²) in [5.41, 5.74) is 3.20. The monoisotopic (exact) mass is 305 g/mol. The van der Waals surface area contributed by atoms with Crippen LogP contribution in [0.4, 0.5) is 0 Å². The molecule has 0 aliphatic carbocycles. The molecule has 2 heterocycles. The minimum Gasteiger partial charge on any atom is -0.496 e. The summed E-state index contributed by atoms with van der Waals surface area (Å²) < 4.78 is 5.47. The lowest BCUT2D eigenvalue weighted by molar-refractivity contribution is -0.126. The van der Waals surface area contributed by atoms with Gasteiger partial charge in [0.1, 0.15) is 5.75 Å². The summed E-state index contributed by atoms with van der Waals surface area (Å²) in [5.74, 6) is 1.20. The summed E-state index contributed by atoms with van der Waals surface area (Å²) in [6.45, 7) is 9.33. The number of aryl methyl sites for hydroxylation is 1. The van der Waals surface area contributed by atoms with E-state index in [4.69, 9.17) is 4.74 Å². The van der Waals surface area contributed by atoms with Gasteiger partial charge in [-0.1, -0.05) is 0 Å². The van der Waals surface area contributed by atoms with E-state index in [2.05, 4.69) is 22.1 Å². The molecule has 1 amide bonds. The molecule has 1 N–H and O–H groups in total. The fourth-order valence-corrected chi connectivity index (χ4v) is 3.17. The van der Waals surface area contributed by atoms with Gasteiger partial charge in [0.25, 0.3) is 0 Å². The zero-order chi connectivity index (χ0) is 16.1. The normalized spacial score (nSPS) is 19.0. The minimum absolute atomic E-state index is 0.0985. The summed E-state index contributed by atoms with van der Waals surface area (Å²) in [4.78, 5) is 18.9. The second-order valence-corrected chi connectivity index (χ2v) is 6.02. The Morgan fingerprint density at radius 2 is 2.27 bits per heavy atom. The van der Waals surface area contributed by atoms with Crippen molar-refractivity contribution in [1.82, 2.24) is 15.2 Å². The van der Waals surface area contributed by atoms with Gasteiger partial charge in [0, 0.05) is 37.0 Å². The lowest BCUT2D eigenvalue weighted by atomic mass is 9.96. The number of aromatic nitrogens is 1. The Bertz CT molecular complexity index is 531. The molecule has 0 bridgehead atoms. The zero-order valence-corrected chi connectivity index (χ0v) is 14.1. The minimum atomic E-state index is 0.0985. The van der Waals surface area contributed by atoms with Gasteiger partial charge in [0.05, 0.1) is 18.7 Å². The number of amides is 1. The average molecular weight is 305 g/mol. The number of likely N-dealkylation sites (tertiary alicyclic amines) is 1. The van der Waals surface area contributed by atoms with Gasteiger partial charge in [-0.05, 0) is 40.2 Å². The summed E-state index contributed by atoms with van der Waals surface area (Å²) in [6, 6.07) is 0. The molecule has 1 aromatic rings. The quantitative estimate of drug-likeness (QED) is 0.904. The van der Waals surface area contributed by atoms with Gasteiger partial charge < -0.3 is 10.1 Å². The van der Waals surface area contributed by atoms with Gasteiger partial charge in [-0.2, -0.15) is 0 Å². The lowest BCUT2D eigenvalue weighted by Gasteiger charge is -2.32. The number of hydrogen-bond acceptors (Lipinski definition) is 4. The van der Waals surface area contributed by atoms with E-state index in [1.165, 1.54) is 0 Å². The van der Waals surface area contributed by atoms with Gasteiger partial charge in [-0.3, -0.25) is 14.7 Å². The number of hydrogen-bond donors (Lipinski definition) is 1. The van der Waals surface area contributed by atoms with Crippen LogP contribution >= 0.6 is 0 Å². The first-order valence-corrected chi connectivity index (χ1v) is 8.06. The largest absolute Gasteiger partial charge is 0.496 e. The molecule has 1 fully saturated rings. The van der Waals surface area contributed by atoms with Gasteiger partial charge >= 0.3 is 0 Å². The third-order valence-electron chi connectivity index (χ3n) is 4.35. The number of carbonyl (C=O) groups excluding carboxylic acids is 1. The Morgan fingerprint density at radius 1 is 1.50 bits per heavy atom. The van der Waals surface area contributed by atoms with E-state index in [-0.39, 0.29) is 11.8 Å². The number of rotatable bonds is 5. The van der Waals surface area contributed by atoms with Crippen LogP contribution in [0.1, 0.15) is 36.6 Å². The molecule has 1 atom stereocenters. The predicted octanol–water partition coefficient (Wildman–Crippen LogP) is 2.06. The van der Waals surface area contributed by atoms with Gasteiger partial charge in [-0.25, -0.2) is 0 Å². The van der Waals surface area contributed by atoms with E-state index >= 15 is 0 Å². The molecule has 0 unspecified atom stereocenters. The highest BCUT2D eigenvalue weighted by atomic mass is 16.5. The van der Waals surface area contributed by atoms with Crippen molar-refractivity contribution in [2.75, 3.05) is 26.7 Å². The smallest absolute Gasteiger partial charge is 0.224 e. The fraction of sp³-hybridized carbons (Fsp3) is 0.647. The predicted molar refractivity (Wildman–Crippen MR) is 86.9 cm³/mol. The highest BCUT2D eigenvalue weighted by Crippen LogP contribution is 2.26. The van der Waals surface area contributed by atoms with Gasteiger partial charge in [0.15, 0.2) is 0 Å². The van der Waals surface area contributed by atoms with Crippen LogP contribution in [0.15, 0.2) is 6.20 Å². The average Bonchev–Trinajstić information content (AvgIpc) is 2.51. The first-order valence-electron chi connectivity index (χ1n) is 8.06. The van der Waals surface area contributed by atoms with Crippen molar-refractivity contribution in [2.45, 2.75) is 40.2 Å².